The van der Waals surface area contributed by atoms with Gasteiger partial charge < -0.3 is 4.18 Å². The topological polar surface area (TPSA) is 46.6 Å². The molecule has 1 fully saturated rings. The number of hydrogen-bond acceptors (Lipinski definition) is 3. The van der Waals surface area contributed by atoms with E-state index in [2.05, 4.69) is 4.18 Å². The van der Waals surface area contributed by atoms with Gasteiger partial charge in [-0.25, -0.2) is 0 Å². The van der Waals surface area contributed by atoms with Crippen molar-refractivity contribution in [1.29, 1.82) is 0 Å². The molecule has 72 valence electrons. The molecule has 0 aromatic carbocycles. The van der Waals surface area contributed by atoms with E-state index >= 15 is 0 Å². The minimum absolute atomic E-state index is 0.0521. The number of nitrogens with zero attached hydrogens (tertiary/aromatic N) is 1. The fraction of sp³-hybridized carbons (Fsp3) is 0.500. The van der Waals surface area contributed by atoms with Gasteiger partial charge in [0.1, 0.15) is 0 Å². The fourth-order valence-electron chi connectivity index (χ4n) is 1.55. The number of allylic oxidation sites excluding steroid dienone is 2. The van der Waals surface area contributed by atoms with E-state index in [1.54, 1.807) is 6.08 Å². The van der Waals surface area contributed by atoms with Gasteiger partial charge in [0.25, 0.3) is 0 Å². The summed E-state index contributed by atoms with van der Waals surface area (Å²) in [6.45, 7) is 2.03. The largest absolute Gasteiger partial charge is 0.414 e. The van der Waals surface area contributed by atoms with Crippen LogP contribution in [0.25, 0.3) is 0 Å². The van der Waals surface area contributed by atoms with Gasteiger partial charge in [-0.15, -0.1) is 0 Å². The molecule has 1 atom stereocenters. The SMILES string of the molecule is CCCC1C=CC=C2OS(=O)(=O)N21. The van der Waals surface area contributed by atoms with E-state index in [0.717, 1.165) is 12.8 Å². The van der Waals surface area contributed by atoms with Crippen LogP contribution in [0, 0.1) is 0 Å². The van der Waals surface area contributed by atoms with Crippen LogP contribution in [0.3, 0.4) is 0 Å². The molecule has 0 aliphatic carbocycles. The lowest BCUT2D eigenvalue weighted by molar-refractivity contribution is 0.169. The average Bonchev–Trinajstić information content (AvgIpc) is 2.02. The number of rotatable bonds is 2. The molecule has 0 radical (unpaired) electrons. The lowest BCUT2D eigenvalue weighted by Gasteiger charge is -2.39. The molecule has 2 aliphatic rings. The van der Waals surface area contributed by atoms with Crippen molar-refractivity contribution in [2.75, 3.05) is 0 Å². The molecule has 4 nitrogen and oxygen atoms in total. The van der Waals surface area contributed by atoms with Crippen molar-refractivity contribution in [2.45, 2.75) is 25.8 Å². The molecule has 0 N–H and O–H groups in total. The average molecular weight is 201 g/mol. The summed E-state index contributed by atoms with van der Waals surface area (Å²) >= 11 is 0. The molecule has 5 heteroatoms. The summed E-state index contributed by atoms with van der Waals surface area (Å²) < 4.78 is 28.3. The summed E-state index contributed by atoms with van der Waals surface area (Å²) in [5.41, 5.74) is 0. The van der Waals surface area contributed by atoms with Crippen LogP contribution in [0.2, 0.25) is 0 Å². The van der Waals surface area contributed by atoms with E-state index in [1.807, 2.05) is 19.1 Å². The van der Waals surface area contributed by atoms with Gasteiger partial charge in [0.05, 0.1) is 6.04 Å². The zero-order valence-electron chi connectivity index (χ0n) is 7.30. The summed E-state index contributed by atoms with van der Waals surface area (Å²) in [5.74, 6) is 0.445. The Labute approximate surface area is 77.7 Å². The van der Waals surface area contributed by atoms with Gasteiger partial charge in [-0.1, -0.05) is 25.5 Å². The summed E-state index contributed by atoms with van der Waals surface area (Å²) in [6, 6.07) is -0.0521. The highest BCUT2D eigenvalue weighted by Gasteiger charge is 2.44. The molecule has 0 bridgehead atoms. The molecule has 13 heavy (non-hydrogen) atoms. The van der Waals surface area contributed by atoms with Gasteiger partial charge in [0.15, 0.2) is 0 Å². The maximum Gasteiger partial charge on any atom is 0.414 e. The molecule has 2 heterocycles. The highest BCUT2D eigenvalue weighted by atomic mass is 32.2. The molecular formula is C8H11NO3S. The summed E-state index contributed by atoms with van der Waals surface area (Å²) in [6.07, 6.45) is 7.16. The van der Waals surface area contributed by atoms with Crippen LogP contribution in [0.1, 0.15) is 19.8 Å². The third-order valence-electron chi connectivity index (χ3n) is 2.11. The van der Waals surface area contributed by atoms with E-state index in [9.17, 15) is 8.42 Å². The molecule has 2 aliphatic heterocycles. The Morgan fingerprint density at radius 3 is 3.00 bits per heavy atom. The first-order valence-electron chi connectivity index (χ1n) is 4.27. The monoisotopic (exact) mass is 201 g/mol. The highest BCUT2D eigenvalue weighted by Crippen LogP contribution is 2.34. The van der Waals surface area contributed by atoms with Crippen LogP contribution in [-0.4, -0.2) is 18.8 Å². The smallest absolute Gasteiger partial charge is 0.347 e. The van der Waals surface area contributed by atoms with Gasteiger partial charge in [-0.05, 0) is 6.42 Å². The van der Waals surface area contributed by atoms with Crippen molar-refractivity contribution in [3.63, 3.8) is 0 Å². The molecule has 0 saturated carbocycles. The Kier molecular flexibility index (Phi) is 1.83. The van der Waals surface area contributed by atoms with Crippen molar-refractivity contribution in [2.24, 2.45) is 0 Å². The van der Waals surface area contributed by atoms with Crippen molar-refractivity contribution in [3.8, 4) is 0 Å². The molecule has 0 amide bonds. The minimum Gasteiger partial charge on any atom is -0.347 e. The molecule has 2 rings (SSSR count). The van der Waals surface area contributed by atoms with E-state index in [-0.39, 0.29) is 6.04 Å². The first kappa shape index (κ1) is 8.62. The van der Waals surface area contributed by atoms with Crippen LogP contribution >= 0.6 is 0 Å². The quantitative estimate of drug-likeness (QED) is 0.673. The van der Waals surface area contributed by atoms with Crippen LogP contribution in [0.15, 0.2) is 24.1 Å². The Morgan fingerprint density at radius 1 is 1.62 bits per heavy atom. The minimum atomic E-state index is -3.44. The predicted molar refractivity (Wildman–Crippen MR) is 47.8 cm³/mol. The second-order valence-electron chi connectivity index (χ2n) is 3.08. The molecule has 1 saturated heterocycles. The zero-order chi connectivity index (χ0) is 9.47. The first-order chi connectivity index (χ1) is 6.15. The number of hydrogen-bond donors (Lipinski definition) is 0. The van der Waals surface area contributed by atoms with E-state index in [0.29, 0.717) is 5.88 Å². The molecular weight excluding hydrogens is 190 g/mol. The van der Waals surface area contributed by atoms with Crippen molar-refractivity contribution in [3.05, 3.63) is 24.1 Å². The van der Waals surface area contributed by atoms with Gasteiger partial charge >= 0.3 is 10.3 Å². The molecule has 0 spiro atoms. The Bertz CT molecular complexity index is 369. The first-order valence-corrected chi connectivity index (χ1v) is 5.64. The second kappa shape index (κ2) is 2.77. The third kappa shape index (κ3) is 1.23. The van der Waals surface area contributed by atoms with Gasteiger partial charge in [-0.3, -0.25) is 0 Å². The summed E-state index contributed by atoms with van der Waals surface area (Å²) in [4.78, 5) is 0. The maximum atomic E-state index is 11.2. The lowest BCUT2D eigenvalue weighted by atomic mass is 10.1. The zero-order valence-corrected chi connectivity index (χ0v) is 8.12. The standard InChI is InChI=1S/C8H11NO3S/c1-2-4-7-5-3-6-8-9(7)13(10,11)12-8/h3,5-7H,2,4H2,1H3. The highest BCUT2D eigenvalue weighted by molar-refractivity contribution is 7.85. The van der Waals surface area contributed by atoms with Gasteiger partial charge in [0, 0.05) is 6.08 Å². The normalized spacial score (nSPS) is 28.5. The Morgan fingerprint density at radius 2 is 2.38 bits per heavy atom. The fourth-order valence-corrected chi connectivity index (χ4v) is 2.71. The Balaban J connectivity index is 2.24. The van der Waals surface area contributed by atoms with E-state index in [1.165, 1.54) is 4.31 Å². The lowest BCUT2D eigenvalue weighted by Crippen LogP contribution is -2.49. The van der Waals surface area contributed by atoms with E-state index in [4.69, 9.17) is 0 Å². The van der Waals surface area contributed by atoms with Crippen LogP contribution in [-0.2, 0) is 14.5 Å². The van der Waals surface area contributed by atoms with Gasteiger partial charge in [-0.2, -0.15) is 12.7 Å². The predicted octanol–water partition coefficient (Wildman–Crippen LogP) is 1.14. The van der Waals surface area contributed by atoms with Crippen LogP contribution in [0.5, 0.6) is 0 Å². The third-order valence-corrected chi connectivity index (χ3v) is 3.42. The molecule has 1 unspecified atom stereocenters. The van der Waals surface area contributed by atoms with Gasteiger partial charge in [0.2, 0.25) is 5.88 Å². The Hall–Kier alpha value is -0.970. The molecule has 0 aromatic rings. The molecule has 0 aromatic heterocycles. The van der Waals surface area contributed by atoms with E-state index < -0.39 is 10.3 Å². The van der Waals surface area contributed by atoms with Crippen molar-refractivity contribution in [1.82, 2.24) is 4.31 Å². The van der Waals surface area contributed by atoms with Crippen molar-refractivity contribution < 1.29 is 12.6 Å². The van der Waals surface area contributed by atoms with Crippen molar-refractivity contribution >= 4 is 10.3 Å². The summed E-state index contributed by atoms with van der Waals surface area (Å²) in [5, 5.41) is 0. The second-order valence-corrected chi connectivity index (χ2v) is 4.50. The van der Waals surface area contributed by atoms with Crippen LogP contribution < -0.4 is 0 Å². The maximum absolute atomic E-state index is 11.2. The summed E-state index contributed by atoms with van der Waals surface area (Å²) in [7, 11) is -3.44. The number of fused-ring (bicyclic) bond motifs is 1. The van der Waals surface area contributed by atoms with Crippen LogP contribution in [0.4, 0.5) is 0 Å².